The zero-order chi connectivity index (χ0) is 14.0. The van der Waals surface area contributed by atoms with E-state index in [0.29, 0.717) is 14.5 Å². The van der Waals surface area contributed by atoms with E-state index in [1.807, 2.05) is 0 Å². The molecule has 19 heavy (non-hydrogen) atoms. The van der Waals surface area contributed by atoms with Crippen molar-refractivity contribution in [3.8, 4) is 0 Å². The summed E-state index contributed by atoms with van der Waals surface area (Å²) in [4.78, 5) is 17.4. The number of pyridine rings is 1. The van der Waals surface area contributed by atoms with E-state index >= 15 is 0 Å². The number of carbonyl (C=O) groups is 1. The molecule has 0 radical (unpaired) electrons. The number of rotatable bonds is 2. The Bertz CT molecular complexity index is 634. The number of benzene rings is 1. The van der Waals surface area contributed by atoms with E-state index in [1.165, 1.54) is 24.2 Å². The summed E-state index contributed by atoms with van der Waals surface area (Å²) in [6, 6.07) is 6.19. The molecule has 1 aromatic carbocycles. The van der Waals surface area contributed by atoms with Gasteiger partial charge in [-0.05, 0) is 40.2 Å². The second kappa shape index (κ2) is 5.79. The first kappa shape index (κ1) is 14.1. The van der Waals surface area contributed by atoms with Crippen LogP contribution >= 0.6 is 31.9 Å². The van der Waals surface area contributed by atoms with Crippen molar-refractivity contribution in [3.05, 3.63) is 57.0 Å². The SMILES string of the molecule is CN(C(=O)c1cncc(Br)c1)c1ccc(Br)cc1F. The van der Waals surface area contributed by atoms with Gasteiger partial charge >= 0.3 is 0 Å². The first-order chi connectivity index (χ1) is 8.99. The fourth-order valence-corrected chi connectivity index (χ4v) is 2.28. The van der Waals surface area contributed by atoms with Crippen LogP contribution in [-0.4, -0.2) is 17.9 Å². The van der Waals surface area contributed by atoms with E-state index < -0.39 is 5.82 Å². The van der Waals surface area contributed by atoms with Gasteiger partial charge in [0, 0.05) is 28.4 Å². The smallest absolute Gasteiger partial charge is 0.259 e. The molecular weight excluding hydrogens is 379 g/mol. The standard InChI is InChI=1S/C13H9Br2FN2O/c1-18(12-3-2-9(14)5-11(12)16)13(19)8-4-10(15)7-17-6-8/h2-7H,1H3. The Hall–Kier alpha value is -1.27. The summed E-state index contributed by atoms with van der Waals surface area (Å²) < 4.78 is 15.1. The average Bonchev–Trinajstić information content (AvgIpc) is 2.37. The molecular formula is C13H9Br2FN2O. The van der Waals surface area contributed by atoms with Crippen molar-refractivity contribution in [1.29, 1.82) is 0 Å². The van der Waals surface area contributed by atoms with E-state index in [2.05, 4.69) is 36.8 Å². The lowest BCUT2D eigenvalue weighted by Gasteiger charge is -2.18. The van der Waals surface area contributed by atoms with Crippen molar-refractivity contribution in [3.63, 3.8) is 0 Å². The van der Waals surface area contributed by atoms with Crippen molar-refractivity contribution in [2.75, 3.05) is 11.9 Å². The summed E-state index contributed by atoms with van der Waals surface area (Å²) in [7, 11) is 1.52. The molecule has 98 valence electrons. The van der Waals surface area contributed by atoms with E-state index in [4.69, 9.17) is 0 Å². The monoisotopic (exact) mass is 386 g/mol. The molecule has 0 N–H and O–H groups in total. The Balaban J connectivity index is 2.33. The number of halogens is 3. The molecule has 3 nitrogen and oxygen atoms in total. The fraction of sp³-hybridized carbons (Fsp3) is 0.0769. The quantitative estimate of drug-likeness (QED) is 0.779. The third kappa shape index (κ3) is 3.19. The lowest BCUT2D eigenvalue weighted by molar-refractivity contribution is 0.0992. The first-order valence-electron chi connectivity index (χ1n) is 5.32. The highest BCUT2D eigenvalue weighted by Crippen LogP contribution is 2.23. The van der Waals surface area contributed by atoms with Crippen LogP contribution < -0.4 is 4.90 Å². The van der Waals surface area contributed by atoms with E-state index in [-0.39, 0.29) is 11.6 Å². The summed E-state index contributed by atoms with van der Waals surface area (Å²) in [5.41, 5.74) is 0.604. The van der Waals surface area contributed by atoms with Crippen molar-refractivity contribution in [2.24, 2.45) is 0 Å². The lowest BCUT2D eigenvalue weighted by atomic mass is 10.2. The minimum Gasteiger partial charge on any atom is -0.309 e. The lowest BCUT2D eigenvalue weighted by Crippen LogP contribution is -2.27. The summed E-state index contributed by atoms with van der Waals surface area (Å²) in [6.45, 7) is 0. The molecule has 6 heteroatoms. The fourth-order valence-electron chi connectivity index (χ4n) is 1.59. The summed E-state index contributed by atoms with van der Waals surface area (Å²) in [5.74, 6) is -0.789. The van der Waals surface area contributed by atoms with Crippen LogP contribution in [-0.2, 0) is 0 Å². The van der Waals surface area contributed by atoms with Crippen molar-refractivity contribution in [2.45, 2.75) is 0 Å². The van der Waals surface area contributed by atoms with Gasteiger partial charge in [-0.1, -0.05) is 15.9 Å². The number of aromatic nitrogens is 1. The van der Waals surface area contributed by atoms with Gasteiger partial charge in [0.1, 0.15) is 5.82 Å². The largest absolute Gasteiger partial charge is 0.309 e. The van der Waals surface area contributed by atoms with Gasteiger partial charge in [-0.25, -0.2) is 4.39 Å². The van der Waals surface area contributed by atoms with Gasteiger partial charge in [-0.15, -0.1) is 0 Å². The van der Waals surface area contributed by atoms with Crippen LogP contribution in [0.2, 0.25) is 0 Å². The average molecular weight is 388 g/mol. The normalized spacial score (nSPS) is 10.3. The molecule has 2 rings (SSSR count). The maximum Gasteiger partial charge on any atom is 0.259 e. The Labute approximate surface area is 126 Å². The molecule has 0 saturated heterocycles. The molecule has 1 heterocycles. The Kier molecular flexibility index (Phi) is 4.31. The number of hydrogen-bond acceptors (Lipinski definition) is 2. The molecule has 0 fully saturated rings. The Morgan fingerprint density at radius 2 is 1.95 bits per heavy atom. The topological polar surface area (TPSA) is 33.2 Å². The second-order valence-corrected chi connectivity index (χ2v) is 5.68. The van der Waals surface area contributed by atoms with E-state index in [0.717, 1.165) is 0 Å². The van der Waals surface area contributed by atoms with Crippen LogP contribution in [0.25, 0.3) is 0 Å². The van der Waals surface area contributed by atoms with Crippen LogP contribution in [0.4, 0.5) is 10.1 Å². The van der Waals surface area contributed by atoms with Crippen LogP contribution in [0.15, 0.2) is 45.6 Å². The molecule has 1 aromatic heterocycles. The zero-order valence-corrected chi connectivity index (χ0v) is 13.1. The predicted molar refractivity (Wildman–Crippen MR) is 78.8 cm³/mol. The van der Waals surface area contributed by atoms with E-state index in [1.54, 1.807) is 24.4 Å². The second-order valence-electron chi connectivity index (χ2n) is 3.85. The molecule has 0 bridgehead atoms. The zero-order valence-electron chi connectivity index (χ0n) is 9.90. The van der Waals surface area contributed by atoms with Gasteiger partial charge in [0.15, 0.2) is 0 Å². The first-order valence-corrected chi connectivity index (χ1v) is 6.91. The molecule has 0 aliphatic carbocycles. The highest BCUT2D eigenvalue weighted by Gasteiger charge is 2.17. The van der Waals surface area contributed by atoms with Gasteiger partial charge in [0.2, 0.25) is 0 Å². The third-order valence-electron chi connectivity index (χ3n) is 2.53. The number of hydrogen-bond donors (Lipinski definition) is 0. The molecule has 2 aromatic rings. The number of anilines is 1. The van der Waals surface area contributed by atoms with Gasteiger partial charge in [0.05, 0.1) is 11.3 Å². The van der Waals surface area contributed by atoms with E-state index in [9.17, 15) is 9.18 Å². The third-order valence-corrected chi connectivity index (χ3v) is 3.45. The highest BCUT2D eigenvalue weighted by molar-refractivity contribution is 9.10. The maximum absolute atomic E-state index is 13.8. The minimum atomic E-state index is -0.465. The Morgan fingerprint density at radius 3 is 2.58 bits per heavy atom. The van der Waals surface area contributed by atoms with Gasteiger partial charge in [-0.3, -0.25) is 9.78 Å². The van der Waals surface area contributed by atoms with Gasteiger partial charge in [-0.2, -0.15) is 0 Å². The minimum absolute atomic E-state index is 0.216. The molecule has 0 atom stereocenters. The predicted octanol–water partition coefficient (Wildman–Crippen LogP) is 4.02. The van der Waals surface area contributed by atoms with Gasteiger partial charge < -0.3 is 4.90 Å². The Morgan fingerprint density at radius 1 is 1.21 bits per heavy atom. The van der Waals surface area contributed by atoms with Crippen molar-refractivity contribution in [1.82, 2.24) is 4.98 Å². The number of carbonyl (C=O) groups excluding carboxylic acids is 1. The van der Waals surface area contributed by atoms with Crippen molar-refractivity contribution >= 4 is 43.5 Å². The summed E-state index contributed by atoms with van der Waals surface area (Å²) >= 11 is 6.42. The molecule has 1 amide bonds. The van der Waals surface area contributed by atoms with Crippen molar-refractivity contribution < 1.29 is 9.18 Å². The van der Waals surface area contributed by atoms with Crippen LogP contribution in [0.3, 0.4) is 0 Å². The number of amides is 1. The molecule has 0 aliphatic rings. The maximum atomic E-state index is 13.8. The van der Waals surface area contributed by atoms with Crippen LogP contribution in [0.1, 0.15) is 10.4 Å². The summed E-state index contributed by atoms with van der Waals surface area (Å²) in [6.07, 6.45) is 3.03. The molecule has 0 spiro atoms. The van der Waals surface area contributed by atoms with Crippen LogP contribution in [0, 0.1) is 5.82 Å². The van der Waals surface area contributed by atoms with Gasteiger partial charge in [0.25, 0.3) is 5.91 Å². The summed E-state index contributed by atoms with van der Waals surface area (Å²) in [5, 5.41) is 0. The molecule has 0 saturated carbocycles. The van der Waals surface area contributed by atoms with Crippen LogP contribution in [0.5, 0.6) is 0 Å². The number of nitrogens with zero attached hydrogens (tertiary/aromatic N) is 2. The molecule has 0 aliphatic heterocycles. The molecule has 0 unspecified atom stereocenters. The highest BCUT2D eigenvalue weighted by atomic mass is 79.9.